The Hall–Kier alpha value is -0.120. The number of likely N-dealkylation sites (N-methyl/N-ethyl adjacent to an activating group) is 1. The monoisotopic (exact) mass is 242 g/mol. The highest BCUT2D eigenvalue weighted by Gasteiger charge is 2.34. The lowest BCUT2D eigenvalue weighted by Crippen LogP contribution is -2.42. The number of hydrogen-bond donors (Lipinski definition) is 2. The smallest absolute Gasteiger partial charge is 0.0558 e. The van der Waals surface area contributed by atoms with Gasteiger partial charge in [0, 0.05) is 19.6 Å². The van der Waals surface area contributed by atoms with Gasteiger partial charge in [0.1, 0.15) is 0 Å². The van der Waals surface area contributed by atoms with Gasteiger partial charge in [0.05, 0.1) is 6.61 Å². The van der Waals surface area contributed by atoms with Gasteiger partial charge in [-0.15, -0.1) is 0 Å². The summed E-state index contributed by atoms with van der Waals surface area (Å²) in [6.45, 7) is 8.96. The van der Waals surface area contributed by atoms with Gasteiger partial charge in [0.25, 0.3) is 0 Å². The molecule has 102 valence electrons. The third-order valence-electron chi connectivity index (χ3n) is 3.80. The summed E-state index contributed by atoms with van der Waals surface area (Å²) in [5.74, 6) is 0.726. The van der Waals surface area contributed by atoms with Crippen LogP contribution in [-0.4, -0.2) is 49.8 Å². The summed E-state index contributed by atoms with van der Waals surface area (Å²) < 4.78 is 0. The van der Waals surface area contributed by atoms with Crippen LogP contribution < -0.4 is 5.32 Å². The first-order valence-corrected chi connectivity index (χ1v) is 7.08. The molecule has 1 aliphatic carbocycles. The number of hydrogen-bond acceptors (Lipinski definition) is 3. The lowest BCUT2D eigenvalue weighted by molar-refractivity contribution is 0.146. The maximum Gasteiger partial charge on any atom is 0.0558 e. The summed E-state index contributed by atoms with van der Waals surface area (Å²) in [6, 6.07) is 0. The fraction of sp³-hybridized carbons (Fsp3) is 1.00. The molecule has 1 fully saturated rings. The molecule has 0 amide bonds. The van der Waals surface area contributed by atoms with Crippen molar-refractivity contribution in [3.8, 4) is 0 Å². The van der Waals surface area contributed by atoms with Crippen LogP contribution in [0.5, 0.6) is 0 Å². The second kappa shape index (κ2) is 7.34. The largest absolute Gasteiger partial charge is 0.395 e. The van der Waals surface area contributed by atoms with Gasteiger partial charge in [0.15, 0.2) is 0 Å². The van der Waals surface area contributed by atoms with E-state index in [1.54, 1.807) is 0 Å². The zero-order chi connectivity index (χ0) is 12.7. The SMILES string of the molecule is CC(C)CNCC1(CN(C)CCO)CCCC1. The Morgan fingerprint density at radius 1 is 1.29 bits per heavy atom. The second-order valence-electron chi connectivity index (χ2n) is 6.19. The molecule has 2 N–H and O–H groups in total. The average Bonchev–Trinajstić information content (AvgIpc) is 2.66. The second-order valence-corrected chi connectivity index (χ2v) is 6.19. The normalized spacial score (nSPS) is 19.4. The topological polar surface area (TPSA) is 35.5 Å². The first-order valence-electron chi connectivity index (χ1n) is 7.08. The molecule has 0 radical (unpaired) electrons. The molecule has 0 unspecified atom stereocenters. The van der Waals surface area contributed by atoms with E-state index in [-0.39, 0.29) is 6.61 Å². The Kier molecular flexibility index (Phi) is 6.45. The molecule has 0 spiro atoms. The minimum atomic E-state index is 0.270. The Morgan fingerprint density at radius 3 is 2.47 bits per heavy atom. The molecule has 1 rings (SSSR count). The van der Waals surface area contributed by atoms with Crippen molar-refractivity contribution in [1.82, 2.24) is 10.2 Å². The van der Waals surface area contributed by atoms with Crippen LogP contribution >= 0.6 is 0 Å². The van der Waals surface area contributed by atoms with Crippen LogP contribution in [0.4, 0.5) is 0 Å². The molecule has 0 aromatic carbocycles. The van der Waals surface area contributed by atoms with Crippen molar-refractivity contribution >= 4 is 0 Å². The molecule has 0 heterocycles. The molecule has 0 aromatic rings. The highest BCUT2D eigenvalue weighted by Crippen LogP contribution is 2.38. The molecular weight excluding hydrogens is 212 g/mol. The Morgan fingerprint density at radius 2 is 1.94 bits per heavy atom. The van der Waals surface area contributed by atoms with Crippen LogP contribution in [-0.2, 0) is 0 Å². The molecule has 0 aliphatic heterocycles. The quantitative estimate of drug-likeness (QED) is 0.680. The van der Waals surface area contributed by atoms with Crippen LogP contribution in [0.25, 0.3) is 0 Å². The number of aliphatic hydroxyl groups is 1. The van der Waals surface area contributed by atoms with Crippen LogP contribution in [0.2, 0.25) is 0 Å². The van der Waals surface area contributed by atoms with Crippen LogP contribution in [0, 0.1) is 11.3 Å². The van der Waals surface area contributed by atoms with Crippen molar-refractivity contribution in [2.24, 2.45) is 11.3 Å². The van der Waals surface area contributed by atoms with Gasteiger partial charge in [0.2, 0.25) is 0 Å². The minimum absolute atomic E-state index is 0.270. The summed E-state index contributed by atoms with van der Waals surface area (Å²) in [6.07, 6.45) is 5.42. The van der Waals surface area contributed by atoms with Crippen LogP contribution in [0.15, 0.2) is 0 Å². The molecule has 1 saturated carbocycles. The van der Waals surface area contributed by atoms with E-state index in [1.807, 2.05) is 0 Å². The fourth-order valence-corrected chi connectivity index (χ4v) is 2.96. The zero-order valence-corrected chi connectivity index (χ0v) is 11.8. The highest BCUT2D eigenvalue weighted by atomic mass is 16.3. The van der Waals surface area contributed by atoms with Gasteiger partial charge in [-0.2, -0.15) is 0 Å². The summed E-state index contributed by atoms with van der Waals surface area (Å²) in [5.41, 5.74) is 0.457. The summed E-state index contributed by atoms with van der Waals surface area (Å²) in [4.78, 5) is 2.28. The number of nitrogens with zero attached hydrogens (tertiary/aromatic N) is 1. The van der Waals surface area contributed by atoms with Crippen molar-refractivity contribution in [1.29, 1.82) is 0 Å². The van der Waals surface area contributed by atoms with E-state index in [1.165, 1.54) is 25.7 Å². The Balaban J connectivity index is 2.39. The van der Waals surface area contributed by atoms with Gasteiger partial charge in [-0.25, -0.2) is 0 Å². The number of rotatable bonds is 8. The predicted octanol–water partition coefficient (Wildman–Crippen LogP) is 1.72. The number of aliphatic hydroxyl groups excluding tert-OH is 1. The summed E-state index contributed by atoms with van der Waals surface area (Å²) in [7, 11) is 2.12. The van der Waals surface area contributed by atoms with E-state index in [0.29, 0.717) is 5.41 Å². The third kappa shape index (κ3) is 5.36. The molecule has 1 aliphatic rings. The zero-order valence-electron chi connectivity index (χ0n) is 11.8. The molecular formula is C14H30N2O. The van der Waals surface area contributed by atoms with E-state index in [9.17, 15) is 0 Å². The summed E-state index contributed by atoms with van der Waals surface area (Å²) >= 11 is 0. The van der Waals surface area contributed by atoms with Crippen molar-refractivity contribution in [2.75, 3.05) is 39.8 Å². The highest BCUT2D eigenvalue weighted by molar-refractivity contribution is 4.89. The van der Waals surface area contributed by atoms with Crippen molar-refractivity contribution in [3.63, 3.8) is 0 Å². The number of nitrogens with one attached hydrogen (secondary N) is 1. The lowest BCUT2D eigenvalue weighted by Gasteiger charge is -2.34. The molecule has 0 bridgehead atoms. The van der Waals surface area contributed by atoms with E-state index in [0.717, 1.165) is 32.1 Å². The molecule has 3 heteroatoms. The van der Waals surface area contributed by atoms with Gasteiger partial charge in [-0.3, -0.25) is 0 Å². The maximum absolute atomic E-state index is 8.99. The van der Waals surface area contributed by atoms with Crippen LogP contribution in [0.3, 0.4) is 0 Å². The van der Waals surface area contributed by atoms with Gasteiger partial charge in [-0.05, 0) is 37.8 Å². The maximum atomic E-state index is 8.99. The fourth-order valence-electron chi connectivity index (χ4n) is 2.96. The Labute approximate surface area is 107 Å². The first kappa shape index (κ1) is 14.9. The van der Waals surface area contributed by atoms with E-state index in [4.69, 9.17) is 5.11 Å². The molecule has 0 atom stereocenters. The molecule has 0 aromatic heterocycles. The molecule has 17 heavy (non-hydrogen) atoms. The van der Waals surface area contributed by atoms with E-state index < -0.39 is 0 Å². The van der Waals surface area contributed by atoms with Crippen molar-refractivity contribution in [3.05, 3.63) is 0 Å². The predicted molar refractivity (Wildman–Crippen MR) is 73.2 cm³/mol. The summed E-state index contributed by atoms with van der Waals surface area (Å²) in [5, 5.41) is 12.6. The minimum Gasteiger partial charge on any atom is -0.395 e. The molecule has 0 saturated heterocycles. The third-order valence-corrected chi connectivity index (χ3v) is 3.80. The van der Waals surface area contributed by atoms with Crippen molar-refractivity contribution in [2.45, 2.75) is 39.5 Å². The average molecular weight is 242 g/mol. The van der Waals surface area contributed by atoms with E-state index >= 15 is 0 Å². The first-order chi connectivity index (χ1) is 8.08. The lowest BCUT2D eigenvalue weighted by atomic mass is 9.85. The van der Waals surface area contributed by atoms with Gasteiger partial charge < -0.3 is 15.3 Å². The van der Waals surface area contributed by atoms with Gasteiger partial charge >= 0.3 is 0 Å². The van der Waals surface area contributed by atoms with E-state index in [2.05, 4.69) is 31.1 Å². The van der Waals surface area contributed by atoms with Gasteiger partial charge in [-0.1, -0.05) is 26.7 Å². The van der Waals surface area contributed by atoms with Crippen LogP contribution in [0.1, 0.15) is 39.5 Å². The Bertz CT molecular complexity index is 200. The van der Waals surface area contributed by atoms with Crippen molar-refractivity contribution < 1.29 is 5.11 Å². The standard InChI is InChI=1S/C14H30N2O/c1-13(2)10-15-11-14(6-4-5-7-14)12-16(3)8-9-17/h13,15,17H,4-12H2,1-3H3. The molecule has 3 nitrogen and oxygen atoms in total.